The summed E-state index contributed by atoms with van der Waals surface area (Å²) in [4.78, 5) is 0.974. The molecule has 2 aliphatic rings. The molecule has 6 aromatic rings. The molecule has 36 heavy (non-hydrogen) atoms. The lowest BCUT2D eigenvalue weighted by Crippen LogP contribution is -1.97. The fourth-order valence-electron chi connectivity index (χ4n) is 6.03. The van der Waals surface area contributed by atoms with E-state index in [2.05, 4.69) is 0 Å². The summed E-state index contributed by atoms with van der Waals surface area (Å²) in [6.45, 7) is 0. The van der Waals surface area contributed by atoms with Crippen LogP contribution in [0, 0.1) is 0 Å². The molecule has 0 fully saturated rings. The Morgan fingerprint density at radius 2 is 0.722 bits per heavy atom. The van der Waals surface area contributed by atoms with Gasteiger partial charge in [-0.1, -0.05) is 72.8 Å². The Balaban J connectivity index is 1.68. The molecule has 0 aromatic heterocycles. The van der Waals surface area contributed by atoms with Gasteiger partial charge in [-0.2, -0.15) is 0 Å². The molecule has 0 aliphatic carbocycles. The molecule has 0 atom stereocenters. The van der Waals surface area contributed by atoms with E-state index in [-0.39, 0.29) is 19.6 Å². The zero-order valence-corrected chi connectivity index (χ0v) is 20.3. The molecule has 0 spiro atoms. The number of sulfone groups is 2. The van der Waals surface area contributed by atoms with E-state index < -0.39 is 19.7 Å². The van der Waals surface area contributed by atoms with Gasteiger partial charge in [0, 0.05) is 27.6 Å². The number of hydrogen-bond acceptors (Lipinski definition) is 4. The molecule has 2 aliphatic heterocycles. The molecule has 0 saturated heterocycles. The summed E-state index contributed by atoms with van der Waals surface area (Å²) in [6.07, 6.45) is 0. The van der Waals surface area contributed by atoms with E-state index in [9.17, 15) is 16.8 Å². The third-order valence-corrected chi connectivity index (χ3v) is 11.2. The molecule has 8 rings (SSSR count). The summed E-state index contributed by atoms with van der Waals surface area (Å²) in [6, 6.07) is 29.3. The van der Waals surface area contributed by atoms with Crippen molar-refractivity contribution in [2.24, 2.45) is 0 Å². The molecule has 0 N–H and O–H groups in total. The van der Waals surface area contributed by atoms with Gasteiger partial charge in [-0.25, -0.2) is 16.8 Å². The minimum Gasteiger partial charge on any atom is -0.218 e. The van der Waals surface area contributed by atoms with E-state index in [1.165, 1.54) is 0 Å². The second-order valence-corrected chi connectivity index (χ2v) is 13.1. The molecule has 6 heteroatoms. The van der Waals surface area contributed by atoms with Gasteiger partial charge >= 0.3 is 0 Å². The Morgan fingerprint density at radius 1 is 0.361 bits per heavy atom. The van der Waals surface area contributed by atoms with Crippen molar-refractivity contribution in [3.8, 4) is 22.3 Å². The van der Waals surface area contributed by atoms with Crippen LogP contribution in [0.15, 0.2) is 117 Å². The lowest BCUT2D eigenvalue weighted by Gasteiger charge is -2.13. The molecular weight excluding hydrogens is 488 g/mol. The average molecular weight is 505 g/mol. The van der Waals surface area contributed by atoms with E-state index in [4.69, 9.17) is 0 Å². The van der Waals surface area contributed by atoms with Crippen molar-refractivity contribution in [3.63, 3.8) is 0 Å². The van der Waals surface area contributed by atoms with Crippen molar-refractivity contribution in [1.82, 2.24) is 0 Å². The number of benzene rings is 6. The highest BCUT2D eigenvalue weighted by Crippen LogP contribution is 2.56. The predicted molar refractivity (Wildman–Crippen MR) is 141 cm³/mol. The van der Waals surface area contributed by atoms with Gasteiger partial charge in [0.1, 0.15) is 0 Å². The van der Waals surface area contributed by atoms with Crippen LogP contribution in [0.3, 0.4) is 0 Å². The molecule has 4 nitrogen and oxygen atoms in total. The van der Waals surface area contributed by atoms with Crippen LogP contribution >= 0.6 is 0 Å². The number of hydrogen-bond donors (Lipinski definition) is 0. The maximum atomic E-state index is 13.7. The summed E-state index contributed by atoms with van der Waals surface area (Å²) in [5.41, 5.74) is 2.47. The highest BCUT2D eigenvalue weighted by Gasteiger charge is 2.40. The molecule has 0 radical (unpaired) electrons. The molecule has 0 amide bonds. The average Bonchev–Trinajstić information content (AvgIpc) is 3.28. The molecule has 0 unspecified atom stereocenters. The van der Waals surface area contributed by atoms with Crippen molar-refractivity contribution in [2.75, 3.05) is 0 Å². The van der Waals surface area contributed by atoms with Crippen LogP contribution in [-0.4, -0.2) is 16.8 Å². The minimum absolute atomic E-state index is 0.223. The fraction of sp³-hybridized carbons (Fsp3) is 0. The molecule has 0 bridgehead atoms. The van der Waals surface area contributed by atoms with E-state index >= 15 is 0 Å². The maximum Gasteiger partial charge on any atom is 0.207 e. The molecule has 172 valence electrons. The van der Waals surface area contributed by atoms with Crippen LogP contribution in [0.1, 0.15) is 0 Å². The van der Waals surface area contributed by atoms with Gasteiger partial charge in [-0.05, 0) is 51.2 Å². The second-order valence-electron chi connectivity index (χ2n) is 9.30. The van der Waals surface area contributed by atoms with Crippen LogP contribution in [-0.2, 0) is 19.7 Å². The topological polar surface area (TPSA) is 68.3 Å². The van der Waals surface area contributed by atoms with Crippen LogP contribution in [0.4, 0.5) is 0 Å². The highest BCUT2D eigenvalue weighted by atomic mass is 32.2. The second kappa shape index (κ2) is 6.40. The Hall–Kier alpha value is -4.00. The van der Waals surface area contributed by atoms with Gasteiger partial charge in [0.05, 0.1) is 19.6 Å². The Labute approximate surface area is 207 Å². The fourth-order valence-corrected chi connectivity index (χ4v) is 9.40. The first-order valence-electron chi connectivity index (χ1n) is 11.5. The van der Waals surface area contributed by atoms with E-state index in [0.717, 1.165) is 26.9 Å². The van der Waals surface area contributed by atoms with Gasteiger partial charge in [-0.15, -0.1) is 0 Å². The predicted octanol–water partition coefficient (Wildman–Crippen LogP) is 6.77. The quantitative estimate of drug-likeness (QED) is 0.228. The normalized spacial score (nSPS) is 16.1. The van der Waals surface area contributed by atoms with E-state index in [1.807, 2.05) is 60.7 Å². The summed E-state index contributed by atoms with van der Waals surface area (Å²) >= 11 is 0. The molecule has 0 saturated carbocycles. The number of rotatable bonds is 0. The van der Waals surface area contributed by atoms with Crippen molar-refractivity contribution in [3.05, 3.63) is 97.1 Å². The molecular formula is C30H16O4S2. The van der Waals surface area contributed by atoms with E-state index in [0.29, 0.717) is 27.6 Å². The molecule has 2 heterocycles. The summed E-state index contributed by atoms with van der Waals surface area (Å²) in [5.74, 6) is 0. The highest BCUT2D eigenvalue weighted by molar-refractivity contribution is 7.92. The monoisotopic (exact) mass is 504 g/mol. The summed E-state index contributed by atoms with van der Waals surface area (Å²) in [7, 11) is -7.53. The summed E-state index contributed by atoms with van der Waals surface area (Å²) < 4.78 is 54.9. The van der Waals surface area contributed by atoms with Gasteiger partial charge in [0.25, 0.3) is 0 Å². The maximum absolute atomic E-state index is 13.7. The zero-order valence-electron chi connectivity index (χ0n) is 18.7. The van der Waals surface area contributed by atoms with Crippen molar-refractivity contribution in [1.29, 1.82) is 0 Å². The lowest BCUT2D eigenvalue weighted by molar-refractivity contribution is 0.597. The minimum atomic E-state index is -3.76. The van der Waals surface area contributed by atoms with Gasteiger partial charge in [-0.3, -0.25) is 0 Å². The Bertz CT molecular complexity index is 2070. The van der Waals surface area contributed by atoms with Crippen molar-refractivity contribution in [2.45, 2.75) is 19.6 Å². The van der Waals surface area contributed by atoms with Crippen LogP contribution in [0.25, 0.3) is 54.6 Å². The zero-order chi connectivity index (χ0) is 24.4. The van der Waals surface area contributed by atoms with Gasteiger partial charge in [0.15, 0.2) is 0 Å². The van der Waals surface area contributed by atoms with Crippen LogP contribution in [0.2, 0.25) is 0 Å². The van der Waals surface area contributed by atoms with E-state index in [1.54, 1.807) is 36.4 Å². The van der Waals surface area contributed by atoms with Crippen LogP contribution < -0.4 is 0 Å². The third-order valence-electron chi connectivity index (χ3n) is 7.55. The molecule has 6 aromatic carbocycles. The van der Waals surface area contributed by atoms with Crippen molar-refractivity contribution >= 4 is 52.0 Å². The smallest absolute Gasteiger partial charge is 0.207 e. The van der Waals surface area contributed by atoms with Crippen molar-refractivity contribution < 1.29 is 16.8 Å². The first-order chi connectivity index (χ1) is 17.4. The third kappa shape index (κ3) is 2.25. The number of fused-ring (bicyclic) bond motifs is 13. The first kappa shape index (κ1) is 20.2. The van der Waals surface area contributed by atoms with Gasteiger partial charge < -0.3 is 0 Å². The van der Waals surface area contributed by atoms with Crippen LogP contribution in [0.5, 0.6) is 0 Å². The first-order valence-corrected chi connectivity index (χ1v) is 14.5. The Morgan fingerprint density at radius 3 is 1.17 bits per heavy atom. The standard InChI is InChI=1S/C30H16O4S2/c31-35(32)22-13-9-17-5-1-3-7-20(17)27(22)29-24(35)15-11-19-12-16-25-30(26(19)29)28-21-8-4-2-6-18(21)10-14-23(28)36(25,33)34/h1-16H. The SMILES string of the molecule is O=S1(=O)c2ccc3ccccc3c2-c2c1ccc1ccc3c(c21)-c1c(ccc2ccccc12)S3(=O)=O. The largest absolute Gasteiger partial charge is 0.218 e. The van der Waals surface area contributed by atoms with Gasteiger partial charge in [0.2, 0.25) is 19.7 Å². The Kier molecular flexibility index (Phi) is 3.60. The lowest BCUT2D eigenvalue weighted by atomic mass is 9.88. The summed E-state index contributed by atoms with van der Waals surface area (Å²) in [5, 5.41) is 5.01.